The predicted octanol–water partition coefficient (Wildman–Crippen LogP) is 1.22. The Labute approximate surface area is 114 Å². The summed E-state index contributed by atoms with van der Waals surface area (Å²) in [4.78, 5) is 28.8. The van der Waals surface area contributed by atoms with Gasteiger partial charge in [0.15, 0.2) is 0 Å². The fraction of sp³-hybridized carbons (Fsp3) is 0.833. The van der Waals surface area contributed by atoms with E-state index in [9.17, 15) is 9.59 Å². The highest BCUT2D eigenvalue weighted by Gasteiger charge is 2.24. The van der Waals surface area contributed by atoms with Crippen LogP contribution in [0.15, 0.2) is 0 Å². The second-order valence-corrected chi connectivity index (χ2v) is 5.07. The molecule has 5 nitrogen and oxygen atoms in total. The fourth-order valence-corrected chi connectivity index (χ4v) is 2.15. The molecular formula is C12H22ClN3O2. The predicted molar refractivity (Wildman–Crippen MR) is 71.8 cm³/mol. The van der Waals surface area contributed by atoms with Gasteiger partial charge in [-0.1, -0.05) is 0 Å². The lowest BCUT2D eigenvalue weighted by Gasteiger charge is -2.36. The van der Waals surface area contributed by atoms with E-state index in [0.717, 1.165) is 12.8 Å². The minimum atomic E-state index is 0.0178. The number of amides is 3. The minimum Gasteiger partial charge on any atom is -0.339 e. The van der Waals surface area contributed by atoms with Crippen LogP contribution in [0.3, 0.4) is 0 Å². The van der Waals surface area contributed by atoms with Gasteiger partial charge in [-0.3, -0.25) is 4.79 Å². The van der Waals surface area contributed by atoms with Gasteiger partial charge in [0.2, 0.25) is 5.91 Å². The standard InChI is InChI=1S/C12H22ClN3O2/c1-14(2)12(18)16-9-7-15(8-10-16)11(17)5-3-4-6-13/h3-10H2,1-2H3. The molecule has 1 fully saturated rings. The van der Waals surface area contributed by atoms with Crippen molar-refractivity contribution < 1.29 is 9.59 Å². The summed E-state index contributed by atoms with van der Waals surface area (Å²) in [5, 5.41) is 0. The second kappa shape index (κ2) is 7.46. The molecule has 0 N–H and O–H groups in total. The van der Waals surface area contributed by atoms with Crippen LogP contribution in [0.2, 0.25) is 0 Å². The largest absolute Gasteiger partial charge is 0.339 e. The molecule has 1 aliphatic rings. The number of carbonyl (C=O) groups is 2. The van der Waals surface area contributed by atoms with E-state index in [-0.39, 0.29) is 11.9 Å². The zero-order valence-electron chi connectivity index (χ0n) is 11.2. The van der Waals surface area contributed by atoms with E-state index in [1.54, 1.807) is 23.9 Å². The molecule has 0 spiro atoms. The highest BCUT2D eigenvalue weighted by atomic mass is 35.5. The van der Waals surface area contributed by atoms with Crippen LogP contribution in [-0.4, -0.2) is 72.8 Å². The van der Waals surface area contributed by atoms with Gasteiger partial charge in [0.1, 0.15) is 0 Å². The van der Waals surface area contributed by atoms with Crippen LogP contribution >= 0.6 is 11.6 Å². The molecule has 1 heterocycles. The van der Waals surface area contributed by atoms with Gasteiger partial charge in [0.05, 0.1) is 0 Å². The third-order valence-electron chi connectivity index (χ3n) is 3.06. The molecule has 0 atom stereocenters. The van der Waals surface area contributed by atoms with Crippen molar-refractivity contribution in [2.24, 2.45) is 0 Å². The van der Waals surface area contributed by atoms with Gasteiger partial charge in [-0.15, -0.1) is 11.6 Å². The number of carbonyl (C=O) groups excluding carboxylic acids is 2. The zero-order chi connectivity index (χ0) is 13.5. The fourth-order valence-electron chi connectivity index (χ4n) is 1.96. The first-order valence-electron chi connectivity index (χ1n) is 6.36. The average Bonchev–Trinajstić information content (AvgIpc) is 2.38. The number of alkyl halides is 1. The maximum atomic E-state index is 11.9. The molecule has 1 rings (SSSR count). The molecule has 1 aliphatic heterocycles. The number of hydrogen-bond acceptors (Lipinski definition) is 2. The van der Waals surface area contributed by atoms with Gasteiger partial charge in [0, 0.05) is 52.6 Å². The van der Waals surface area contributed by atoms with Gasteiger partial charge in [0.25, 0.3) is 0 Å². The van der Waals surface area contributed by atoms with E-state index in [1.807, 2.05) is 4.90 Å². The number of nitrogens with zero attached hydrogens (tertiary/aromatic N) is 3. The number of rotatable bonds is 4. The molecule has 0 aromatic heterocycles. The molecule has 0 aliphatic carbocycles. The number of halogens is 1. The molecule has 6 heteroatoms. The smallest absolute Gasteiger partial charge is 0.319 e. The zero-order valence-corrected chi connectivity index (χ0v) is 11.9. The highest BCUT2D eigenvalue weighted by molar-refractivity contribution is 6.17. The summed E-state index contributed by atoms with van der Waals surface area (Å²) in [6, 6.07) is 0.0178. The Hall–Kier alpha value is -0.970. The number of piperazine rings is 1. The van der Waals surface area contributed by atoms with Gasteiger partial charge in [-0.25, -0.2) is 4.79 Å². The third-order valence-corrected chi connectivity index (χ3v) is 3.33. The molecule has 0 bridgehead atoms. The molecule has 104 valence electrons. The van der Waals surface area contributed by atoms with Crippen molar-refractivity contribution in [3.8, 4) is 0 Å². The number of urea groups is 1. The van der Waals surface area contributed by atoms with Crippen molar-refractivity contribution in [3.63, 3.8) is 0 Å². The number of unbranched alkanes of at least 4 members (excludes halogenated alkanes) is 1. The summed E-state index contributed by atoms with van der Waals surface area (Å²) in [6.45, 7) is 2.52. The topological polar surface area (TPSA) is 43.9 Å². The van der Waals surface area contributed by atoms with Crippen LogP contribution in [0, 0.1) is 0 Å². The van der Waals surface area contributed by atoms with Crippen LogP contribution in [0.4, 0.5) is 4.79 Å². The van der Waals surface area contributed by atoms with E-state index in [1.165, 1.54) is 0 Å². The molecule has 0 radical (unpaired) electrons. The van der Waals surface area contributed by atoms with Gasteiger partial charge >= 0.3 is 6.03 Å². The Morgan fingerprint density at radius 3 is 2.11 bits per heavy atom. The normalized spacial score (nSPS) is 15.7. The summed E-state index contributed by atoms with van der Waals surface area (Å²) in [5.41, 5.74) is 0. The Kier molecular flexibility index (Phi) is 6.25. The highest BCUT2D eigenvalue weighted by Crippen LogP contribution is 2.08. The first-order valence-corrected chi connectivity index (χ1v) is 6.89. The molecule has 0 aromatic carbocycles. The molecule has 0 unspecified atom stereocenters. The van der Waals surface area contributed by atoms with Gasteiger partial charge in [-0.05, 0) is 12.8 Å². The van der Waals surface area contributed by atoms with Crippen LogP contribution in [0.25, 0.3) is 0 Å². The molecule has 0 aromatic rings. The third kappa shape index (κ3) is 4.37. The van der Waals surface area contributed by atoms with Crippen LogP contribution in [0.5, 0.6) is 0 Å². The van der Waals surface area contributed by atoms with Crippen molar-refractivity contribution in [1.29, 1.82) is 0 Å². The summed E-state index contributed by atoms with van der Waals surface area (Å²) in [7, 11) is 3.48. The van der Waals surface area contributed by atoms with Gasteiger partial charge < -0.3 is 14.7 Å². The second-order valence-electron chi connectivity index (χ2n) is 4.69. The minimum absolute atomic E-state index is 0.0178. The Bertz CT molecular complexity index is 289. The van der Waals surface area contributed by atoms with Crippen LogP contribution in [-0.2, 0) is 4.79 Å². The lowest BCUT2D eigenvalue weighted by Crippen LogP contribution is -2.52. The molecular weight excluding hydrogens is 254 g/mol. The summed E-state index contributed by atoms with van der Waals surface area (Å²) < 4.78 is 0. The van der Waals surface area contributed by atoms with E-state index < -0.39 is 0 Å². The molecule has 0 saturated carbocycles. The van der Waals surface area contributed by atoms with Crippen LogP contribution in [0.1, 0.15) is 19.3 Å². The Morgan fingerprint density at radius 2 is 1.61 bits per heavy atom. The summed E-state index contributed by atoms with van der Waals surface area (Å²) in [5.74, 6) is 0.787. The molecule has 1 saturated heterocycles. The maximum absolute atomic E-state index is 11.9. The lowest BCUT2D eigenvalue weighted by atomic mass is 10.2. The van der Waals surface area contributed by atoms with Crippen LogP contribution < -0.4 is 0 Å². The van der Waals surface area contributed by atoms with Crippen molar-refractivity contribution in [2.45, 2.75) is 19.3 Å². The van der Waals surface area contributed by atoms with E-state index in [0.29, 0.717) is 38.5 Å². The van der Waals surface area contributed by atoms with E-state index in [2.05, 4.69) is 0 Å². The molecule has 3 amide bonds. The average molecular weight is 276 g/mol. The summed E-state index contributed by atoms with van der Waals surface area (Å²) >= 11 is 5.58. The first kappa shape index (κ1) is 15.1. The monoisotopic (exact) mass is 275 g/mol. The van der Waals surface area contributed by atoms with Crippen molar-refractivity contribution in [2.75, 3.05) is 46.2 Å². The van der Waals surface area contributed by atoms with Crippen molar-refractivity contribution in [1.82, 2.24) is 14.7 Å². The lowest BCUT2D eigenvalue weighted by molar-refractivity contribution is -0.132. The van der Waals surface area contributed by atoms with E-state index >= 15 is 0 Å². The number of hydrogen-bond donors (Lipinski definition) is 0. The van der Waals surface area contributed by atoms with Crippen molar-refractivity contribution >= 4 is 23.5 Å². The van der Waals surface area contributed by atoms with Crippen molar-refractivity contribution in [3.05, 3.63) is 0 Å². The Balaban J connectivity index is 2.30. The van der Waals surface area contributed by atoms with E-state index in [4.69, 9.17) is 11.6 Å². The van der Waals surface area contributed by atoms with Gasteiger partial charge in [-0.2, -0.15) is 0 Å². The Morgan fingerprint density at radius 1 is 1.06 bits per heavy atom. The quantitative estimate of drug-likeness (QED) is 0.572. The maximum Gasteiger partial charge on any atom is 0.319 e. The molecule has 18 heavy (non-hydrogen) atoms. The SMILES string of the molecule is CN(C)C(=O)N1CCN(C(=O)CCCCCl)CC1. The summed E-state index contributed by atoms with van der Waals surface area (Å²) in [6.07, 6.45) is 2.29. The first-order chi connectivity index (χ1) is 8.56.